The van der Waals surface area contributed by atoms with E-state index < -0.39 is 0 Å². The van der Waals surface area contributed by atoms with E-state index in [2.05, 4.69) is 20.4 Å². The van der Waals surface area contributed by atoms with Crippen LogP contribution >= 0.6 is 0 Å². The van der Waals surface area contributed by atoms with Crippen LogP contribution in [0.15, 0.2) is 12.3 Å². The van der Waals surface area contributed by atoms with Gasteiger partial charge in [0.1, 0.15) is 5.52 Å². The molecule has 62 valence electrons. The predicted octanol–water partition coefficient (Wildman–Crippen LogP) is -0.146. The Morgan fingerprint density at radius 1 is 1.42 bits per heavy atom. The van der Waals surface area contributed by atoms with E-state index >= 15 is 0 Å². The first-order valence-corrected chi connectivity index (χ1v) is 3.75. The summed E-state index contributed by atoms with van der Waals surface area (Å²) in [5.41, 5.74) is 7.95. The van der Waals surface area contributed by atoms with Gasteiger partial charge in [-0.25, -0.2) is 4.98 Å². The van der Waals surface area contributed by atoms with E-state index in [-0.39, 0.29) is 0 Å². The summed E-state index contributed by atoms with van der Waals surface area (Å²) < 4.78 is 0. The molecule has 2 aromatic rings. The summed E-state index contributed by atoms with van der Waals surface area (Å²) in [4.78, 5) is 4.10. The maximum Gasteiger partial charge on any atom is 0.201 e. The Morgan fingerprint density at radius 2 is 2.33 bits per heavy atom. The van der Waals surface area contributed by atoms with Crippen LogP contribution in [-0.2, 0) is 6.42 Å². The maximum atomic E-state index is 5.41. The maximum absolute atomic E-state index is 5.41. The van der Waals surface area contributed by atoms with Gasteiger partial charge in [0.2, 0.25) is 5.65 Å². The molecule has 5 nitrogen and oxygen atoms in total. The van der Waals surface area contributed by atoms with Crippen LogP contribution in [0.3, 0.4) is 0 Å². The van der Waals surface area contributed by atoms with Crippen LogP contribution in [0.25, 0.3) is 11.2 Å². The number of aromatic amines is 1. The summed E-state index contributed by atoms with van der Waals surface area (Å²) in [5, 5.41) is 10.3. The van der Waals surface area contributed by atoms with Crippen molar-refractivity contribution in [3.63, 3.8) is 0 Å². The lowest BCUT2D eigenvalue weighted by Crippen LogP contribution is -2.02. The van der Waals surface area contributed by atoms with Crippen molar-refractivity contribution in [1.29, 1.82) is 0 Å². The minimum atomic E-state index is 0.630. The zero-order valence-corrected chi connectivity index (χ0v) is 6.49. The molecule has 0 fully saturated rings. The van der Waals surface area contributed by atoms with Gasteiger partial charge in [0.15, 0.2) is 0 Å². The third-order valence-electron chi connectivity index (χ3n) is 1.66. The normalized spacial score (nSPS) is 10.8. The molecule has 0 atom stereocenters. The molecule has 0 bridgehead atoms. The predicted molar refractivity (Wildman–Crippen MR) is 44.4 cm³/mol. The molecule has 0 saturated carbocycles. The molecule has 0 radical (unpaired) electrons. The highest BCUT2D eigenvalue weighted by atomic mass is 15.3. The molecule has 0 aromatic carbocycles. The molecular formula is C7H9N5. The number of nitrogens with zero attached hydrogens (tertiary/aromatic N) is 3. The van der Waals surface area contributed by atoms with Crippen LogP contribution in [-0.4, -0.2) is 26.9 Å². The molecule has 2 heterocycles. The standard InChI is InChI=1S/C7H9N5/c8-2-1-5-3-6-7(9-4-5)11-12-10-6/h3-4H,1-2,8H2,(H,9,10,11,12). The van der Waals surface area contributed by atoms with Crippen LogP contribution in [0.1, 0.15) is 5.56 Å². The third-order valence-corrected chi connectivity index (χ3v) is 1.66. The molecule has 5 heteroatoms. The second-order valence-corrected chi connectivity index (χ2v) is 2.55. The minimum absolute atomic E-state index is 0.630. The average molecular weight is 163 g/mol. The van der Waals surface area contributed by atoms with E-state index in [0.29, 0.717) is 12.2 Å². The van der Waals surface area contributed by atoms with Crippen molar-refractivity contribution in [3.05, 3.63) is 17.8 Å². The first kappa shape index (κ1) is 7.17. The molecule has 0 saturated heterocycles. The Morgan fingerprint density at radius 3 is 3.17 bits per heavy atom. The molecule has 3 N–H and O–H groups in total. The average Bonchev–Trinajstić information content (AvgIpc) is 2.51. The molecule has 0 aliphatic carbocycles. The fourth-order valence-corrected chi connectivity index (χ4v) is 1.09. The minimum Gasteiger partial charge on any atom is -0.330 e. The molecule has 0 aliphatic heterocycles. The zero-order chi connectivity index (χ0) is 8.39. The van der Waals surface area contributed by atoms with Crippen LogP contribution in [0.5, 0.6) is 0 Å². The second-order valence-electron chi connectivity index (χ2n) is 2.55. The van der Waals surface area contributed by atoms with Gasteiger partial charge < -0.3 is 5.73 Å². The zero-order valence-electron chi connectivity index (χ0n) is 6.49. The molecule has 2 rings (SSSR count). The fourth-order valence-electron chi connectivity index (χ4n) is 1.09. The number of nitrogens with one attached hydrogen (secondary N) is 1. The highest BCUT2D eigenvalue weighted by Gasteiger charge is 1.99. The van der Waals surface area contributed by atoms with E-state index in [1.165, 1.54) is 0 Å². The van der Waals surface area contributed by atoms with Gasteiger partial charge in [0.05, 0.1) is 0 Å². The van der Waals surface area contributed by atoms with E-state index in [4.69, 9.17) is 5.73 Å². The Bertz CT molecular complexity index is 380. The molecule has 12 heavy (non-hydrogen) atoms. The molecule has 0 spiro atoms. The largest absolute Gasteiger partial charge is 0.330 e. The number of nitrogens with two attached hydrogens (primary N) is 1. The van der Waals surface area contributed by atoms with Crippen molar-refractivity contribution in [2.75, 3.05) is 6.54 Å². The van der Waals surface area contributed by atoms with Crippen LogP contribution in [0.2, 0.25) is 0 Å². The van der Waals surface area contributed by atoms with E-state index in [1.54, 1.807) is 6.20 Å². The topological polar surface area (TPSA) is 80.5 Å². The number of hydrogen-bond acceptors (Lipinski definition) is 4. The van der Waals surface area contributed by atoms with Crippen LogP contribution in [0, 0.1) is 0 Å². The van der Waals surface area contributed by atoms with Gasteiger partial charge in [-0.15, -0.1) is 5.10 Å². The Kier molecular flexibility index (Phi) is 1.71. The number of aromatic nitrogens is 4. The van der Waals surface area contributed by atoms with E-state index in [9.17, 15) is 0 Å². The van der Waals surface area contributed by atoms with Crippen molar-refractivity contribution in [2.24, 2.45) is 5.73 Å². The lowest BCUT2D eigenvalue weighted by molar-refractivity contribution is 0.954. The van der Waals surface area contributed by atoms with Crippen molar-refractivity contribution >= 4 is 11.2 Å². The van der Waals surface area contributed by atoms with Gasteiger partial charge in [0, 0.05) is 6.20 Å². The number of hydrogen-bond donors (Lipinski definition) is 2. The van der Waals surface area contributed by atoms with Crippen LogP contribution < -0.4 is 5.73 Å². The third kappa shape index (κ3) is 1.14. The second kappa shape index (κ2) is 2.86. The highest BCUT2D eigenvalue weighted by Crippen LogP contribution is 2.06. The van der Waals surface area contributed by atoms with Gasteiger partial charge in [-0.2, -0.15) is 10.3 Å². The SMILES string of the molecule is NCCc1cnc2n[nH]nc2c1. The first-order chi connectivity index (χ1) is 5.90. The summed E-state index contributed by atoms with van der Waals surface area (Å²) in [5.74, 6) is 0. The van der Waals surface area contributed by atoms with Crippen molar-refractivity contribution in [1.82, 2.24) is 20.4 Å². The molecule has 0 amide bonds. The fraction of sp³-hybridized carbons (Fsp3) is 0.286. The van der Waals surface area contributed by atoms with Crippen molar-refractivity contribution < 1.29 is 0 Å². The summed E-state index contributed by atoms with van der Waals surface area (Å²) in [6.45, 7) is 0.630. The molecular weight excluding hydrogens is 154 g/mol. The quantitative estimate of drug-likeness (QED) is 0.645. The van der Waals surface area contributed by atoms with Gasteiger partial charge in [-0.3, -0.25) is 0 Å². The van der Waals surface area contributed by atoms with Gasteiger partial charge in [-0.1, -0.05) is 0 Å². The van der Waals surface area contributed by atoms with Crippen molar-refractivity contribution in [2.45, 2.75) is 6.42 Å². The number of pyridine rings is 1. The highest BCUT2D eigenvalue weighted by molar-refractivity contribution is 5.68. The Balaban J connectivity index is 2.46. The van der Waals surface area contributed by atoms with Gasteiger partial charge in [0.25, 0.3) is 0 Å². The lowest BCUT2D eigenvalue weighted by atomic mass is 10.2. The number of fused-ring (bicyclic) bond motifs is 1. The van der Waals surface area contributed by atoms with E-state index in [1.807, 2.05) is 6.07 Å². The molecule has 0 unspecified atom stereocenters. The van der Waals surface area contributed by atoms with Gasteiger partial charge in [-0.05, 0) is 24.6 Å². The monoisotopic (exact) mass is 163 g/mol. The Hall–Kier alpha value is -1.49. The summed E-state index contributed by atoms with van der Waals surface area (Å²) in [6.07, 6.45) is 2.60. The van der Waals surface area contributed by atoms with Crippen LogP contribution in [0.4, 0.5) is 0 Å². The van der Waals surface area contributed by atoms with Crippen molar-refractivity contribution in [3.8, 4) is 0 Å². The summed E-state index contributed by atoms with van der Waals surface area (Å²) in [6, 6.07) is 1.94. The Labute approximate surface area is 69.0 Å². The summed E-state index contributed by atoms with van der Waals surface area (Å²) >= 11 is 0. The number of rotatable bonds is 2. The van der Waals surface area contributed by atoms with Gasteiger partial charge >= 0.3 is 0 Å². The number of H-pyrrole nitrogens is 1. The smallest absolute Gasteiger partial charge is 0.201 e. The van der Waals surface area contributed by atoms with E-state index in [0.717, 1.165) is 17.5 Å². The molecule has 2 aromatic heterocycles. The summed E-state index contributed by atoms with van der Waals surface area (Å²) in [7, 11) is 0. The molecule has 0 aliphatic rings. The first-order valence-electron chi connectivity index (χ1n) is 3.75. The lowest BCUT2D eigenvalue weighted by Gasteiger charge is -1.94.